The highest BCUT2D eigenvalue weighted by atomic mass is 32.2. The Balaban J connectivity index is 1.77. The summed E-state index contributed by atoms with van der Waals surface area (Å²) in [5, 5.41) is 15.9. The lowest BCUT2D eigenvalue weighted by atomic mass is 10.1. The van der Waals surface area contributed by atoms with Crippen LogP contribution in [0.3, 0.4) is 0 Å². The molecule has 0 aliphatic heterocycles. The van der Waals surface area contributed by atoms with Gasteiger partial charge in [0.15, 0.2) is 0 Å². The molecule has 0 saturated heterocycles. The van der Waals surface area contributed by atoms with E-state index in [1.807, 2.05) is 0 Å². The molecule has 0 aromatic heterocycles. The molecule has 1 N–H and O–H groups in total. The Labute approximate surface area is 166 Å². The number of benzene rings is 4. The van der Waals surface area contributed by atoms with Crippen molar-refractivity contribution in [2.24, 2.45) is 0 Å². The van der Waals surface area contributed by atoms with Crippen molar-refractivity contribution >= 4 is 46.9 Å². The summed E-state index contributed by atoms with van der Waals surface area (Å²) in [6.07, 6.45) is 0. The topological polar surface area (TPSA) is 20.2 Å². The van der Waals surface area contributed by atoms with E-state index in [2.05, 4.69) is 97.1 Å². The zero-order valence-corrected chi connectivity index (χ0v) is 17.1. The Hall–Kier alpha value is -2.33. The van der Waals surface area contributed by atoms with E-state index in [9.17, 15) is 0 Å². The molecule has 0 atom stereocenters. The summed E-state index contributed by atoms with van der Waals surface area (Å²) in [6.45, 7) is 0.211. The second-order valence-electron chi connectivity index (χ2n) is 6.59. The molecule has 0 aliphatic rings. The van der Waals surface area contributed by atoms with Crippen LogP contribution < -0.4 is 15.6 Å². The fraction of sp³-hybridized carbons (Fsp3) is 0.0833. The fourth-order valence-electron chi connectivity index (χ4n) is 3.54. The molecule has 0 fully saturated rings. The van der Waals surface area contributed by atoms with Gasteiger partial charge in [-0.15, -0.1) is 11.8 Å². The zero-order valence-electron chi connectivity index (χ0n) is 15.1. The van der Waals surface area contributed by atoms with E-state index in [4.69, 9.17) is 5.11 Å². The van der Waals surface area contributed by atoms with Crippen molar-refractivity contribution in [2.75, 3.05) is 12.4 Å². The highest BCUT2D eigenvalue weighted by Crippen LogP contribution is 2.23. The van der Waals surface area contributed by atoms with Gasteiger partial charge in [-0.1, -0.05) is 100 Å². The van der Waals surface area contributed by atoms with Gasteiger partial charge in [0.05, 0.1) is 6.61 Å². The van der Waals surface area contributed by atoms with Crippen LogP contribution in [0.1, 0.15) is 0 Å². The molecule has 0 bridgehead atoms. The molecule has 134 valence electrons. The molecule has 0 radical (unpaired) electrons. The maximum atomic E-state index is 9.04. The maximum absolute atomic E-state index is 9.04. The van der Waals surface area contributed by atoms with Crippen molar-refractivity contribution in [1.29, 1.82) is 0 Å². The first-order valence-electron chi connectivity index (χ1n) is 9.22. The lowest BCUT2D eigenvalue weighted by molar-refractivity contribution is 0.322. The second-order valence-corrected chi connectivity index (χ2v) is 10.6. The summed E-state index contributed by atoms with van der Waals surface area (Å²) in [6, 6.07) is 35.3. The van der Waals surface area contributed by atoms with E-state index >= 15 is 0 Å². The van der Waals surface area contributed by atoms with Crippen molar-refractivity contribution in [3.63, 3.8) is 0 Å². The zero-order chi connectivity index (χ0) is 18.5. The molecule has 27 heavy (non-hydrogen) atoms. The average molecular weight is 387 g/mol. The molecule has 0 heterocycles. The number of hydrogen-bond donors (Lipinski definition) is 1. The Bertz CT molecular complexity index is 979. The molecule has 0 aliphatic carbocycles. The minimum atomic E-state index is -1.49. The van der Waals surface area contributed by atoms with E-state index in [-0.39, 0.29) is 6.61 Å². The van der Waals surface area contributed by atoms with E-state index < -0.39 is 8.80 Å². The molecule has 0 amide bonds. The third-order valence-corrected chi connectivity index (χ3v) is 8.90. The van der Waals surface area contributed by atoms with Gasteiger partial charge in [0, 0.05) is 10.6 Å². The molecule has 3 heteroatoms. The largest absolute Gasteiger partial charge is 0.396 e. The Kier molecular flexibility index (Phi) is 5.73. The van der Waals surface area contributed by atoms with Crippen molar-refractivity contribution in [3.8, 4) is 0 Å². The molecule has 4 rings (SSSR count). The molecule has 4 aromatic carbocycles. The molecular formula is C24H22OSSi. The van der Waals surface area contributed by atoms with Crippen LogP contribution in [0, 0.1) is 0 Å². The highest BCUT2D eigenvalue weighted by molar-refractivity contribution is 7.99. The van der Waals surface area contributed by atoms with Gasteiger partial charge in [0.25, 0.3) is 0 Å². The Morgan fingerprint density at radius 2 is 1.22 bits per heavy atom. The van der Waals surface area contributed by atoms with E-state index in [1.165, 1.54) is 31.2 Å². The third-order valence-electron chi connectivity index (χ3n) is 4.79. The minimum absolute atomic E-state index is 0.211. The smallest absolute Gasteiger partial charge is 0.132 e. The van der Waals surface area contributed by atoms with E-state index in [1.54, 1.807) is 11.8 Å². The lowest BCUT2D eigenvalue weighted by Crippen LogP contribution is -2.51. The van der Waals surface area contributed by atoms with Crippen molar-refractivity contribution in [3.05, 3.63) is 97.1 Å². The normalized spacial score (nSPS) is 11.2. The van der Waals surface area contributed by atoms with Gasteiger partial charge in [0.2, 0.25) is 0 Å². The number of fused-ring (bicyclic) bond motifs is 1. The second kappa shape index (κ2) is 8.57. The number of thioether (sulfide) groups is 1. The predicted octanol–water partition coefficient (Wildman–Crippen LogP) is 3.17. The quantitative estimate of drug-likeness (QED) is 0.312. The van der Waals surface area contributed by atoms with Gasteiger partial charge in [-0.2, -0.15) is 0 Å². The molecule has 1 nitrogen and oxygen atoms in total. The summed E-state index contributed by atoms with van der Waals surface area (Å²) < 4.78 is 0. The van der Waals surface area contributed by atoms with Crippen LogP contribution in [0.4, 0.5) is 0 Å². The number of rotatable bonds is 6. The fourth-order valence-corrected chi connectivity index (χ4v) is 7.25. The van der Waals surface area contributed by atoms with Crippen LogP contribution in [0.2, 0.25) is 0 Å². The SMILES string of the molecule is OCCSc1ccc2cc([SiH](c3ccccc3)c3ccccc3)ccc2c1. The van der Waals surface area contributed by atoms with Gasteiger partial charge in [-0.25, -0.2) is 0 Å². The number of aliphatic hydroxyl groups excluding tert-OH is 1. The van der Waals surface area contributed by atoms with Gasteiger partial charge >= 0.3 is 0 Å². The van der Waals surface area contributed by atoms with Crippen LogP contribution in [0.15, 0.2) is 102 Å². The van der Waals surface area contributed by atoms with Crippen molar-refractivity contribution in [2.45, 2.75) is 4.90 Å². The predicted molar refractivity (Wildman–Crippen MR) is 121 cm³/mol. The average Bonchev–Trinajstić information content (AvgIpc) is 2.74. The summed E-state index contributed by atoms with van der Waals surface area (Å²) in [5.41, 5.74) is 0. The first kappa shape index (κ1) is 18.0. The summed E-state index contributed by atoms with van der Waals surface area (Å²) >= 11 is 1.70. The van der Waals surface area contributed by atoms with Gasteiger partial charge < -0.3 is 5.11 Å². The van der Waals surface area contributed by atoms with Crippen LogP contribution in [-0.2, 0) is 0 Å². The van der Waals surface area contributed by atoms with Crippen LogP contribution in [0.5, 0.6) is 0 Å². The third kappa shape index (κ3) is 4.16. The lowest BCUT2D eigenvalue weighted by Gasteiger charge is -2.18. The minimum Gasteiger partial charge on any atom is -0.396 e. The molecule has 0 saturated carbocycles. The number of aliphatic hydroxyl groups is 1. The van der Waals surface area contributed by atoms with Gasteiger partial charge in [-0.3, -0.25) is 0 Å². The van der Waals surface area contributed by atoms with Gasteiger partial charge in [-0.05, 0) is 22.9 Å². The summed E-state index contributed by atoms with van der Waals surface area (Å²) in [7, 11) is -1.49. The molecular weight excluding hydrogens is 364 g/mol. The van der Waals surface area contributed by atoms with Crippen LogP contribution >= 0.6 is 11.8 Å². The van der Waals surface area contributed by atoms with Crippen LogP contribution in [0.25, 0.3) is 10.8 Å². The van der Waals surface area contributed by atoms with E-state index in [0.29, 0.717) is 0 Å². The molecule has 0 spiro atoms. The standard InChI is InChI=1S/C24H22OSSi/c25-15-16-26-21-13-11-20-18-24(14-12-19(20)17-21)27(22-7-3-1-4-8-22)23-9-5-2-6-10-23/h1-14,17-18,25,27H,15-16H2. The van der Waals surface area contributed by atoms with Gasteiger partial charge in [0.1, 0.15) is 8.80 Å². The molecule has 0 unspecified atom stereocenters. The van der Waals surface area contributed by atoms with Crippen LogP contribution in [-0.4, -0.2) is 26.3 Å². The summed E-state index contributed by atoms with van der Waals surface area (Å²) in [5.74, 6) is 0.737. The number of hydrogen-bond acceptors (Lipinski definition) is 2. The Morgan fingerprint density at radius 1 is 0.630 bits per heavy atom. The Morgan fingerprint density at radius 3 is 1.85 bits per heavy atom. The summed E-state index contributed by atoms with van der Waals surface area (Å²) in [4.78, 5) is 1.21. The molecule has 4 aromatic rings. The first-order valence-corrected chi connectivity index (χ1v) is 11.9. The van der Waals surface area contributed by atoms with E-state index in [0.717, 1.165) is 5.75 Å². The van der Waals surface area contributed by atoms with Crippen molar-refractivity contribution < 1.29 is 5.11 Å². The first-order chi connectivity index (χ1) is 13.3. The highest BCUT2D eigenvalue weighted by Gasteiger charge is 2.18. The monoisotopic (exact) mass is 386 g/mol. The maximum Gasteiger partial charge on any atom is 0.132 e. The van der Waals surface area contributed by atoms with Crippen molar-refractivity contribution in [1.82, 2.24) is 0 Å².